The summed E-state index contributed by atoms with van der Waals surface area (Å²) in [7, 11) is 0. The molecule has 0 spiro atoms. The zero-order valence-corrected chi connectivity index (χ0v) is 18.6. The van der Waals surface area contributed by atoms with Gasteiger partial charge in [0.15, 0.2) is 11.6 Å². The van der Waals surface area contributed by atoms with Gasteiger partial charge in [0.05, 0.1) is 0 Å². The van der Waals surface area contributed by atoms with Crippen molar-refractivity contribution in [3.05, 3.63) is 59.2 Å². The molecule has 0 nitrogen and oxygen atoms in total. The van der Waals surface area contributed by atoms with Crippen LogP contribution < -0.4 is 0 Å². The predicted octanol–water partition coefficient (Wildman–Crippen LogP) is 8.73. The Bertz CT molecular complexity index is 897. The molecule has 162 valence electrons. The van der Waals surface area contributed by atoms with E-state index in [9.17, 15) is 8.78 Å². The summed E-state index contributed by atoms with van der Waals surface area (Å²) >= 11 is 0. The van der Waals surface area contributed by atoms with E-state index < -0.39 is 11.6 Å². The average Bonchev–Trinajstić information content (AvgIpc) is 2.77. The fraction of sp³-hybridized carbons (Fsp3) is 0.571. The third-order valence-corrected chi connectivity index (χ3v) is 7.82. The van der Waals surface area contributed by atoms with Gasteiger partial charge in [0.1, 0.15) is 0 Å². The number of fused-ring (bicyclic) bond motifs is 2. The molecule has 2 saturated carbocycles. The van der Waals surface area contributed by atoms with Crippen LogP contribution in [0.5, 0.6) is 0 Å². The summed E-state index contributed by atoms with van der Waals surface area (Å²) in [6.07, 6.45) is 15.8. The first-order valence-corrected chi connectivity index (χ1v) is 12.1. The molecule has 0 saturated heterocycles. The summed E-state index contributed by atoms with van der Waals surface area (Å²) in [6, 6.07) is 7.96. The van der Waals surface area contributed by atoms with Crippen LogP contribution in [0.4, 0.5) is 8.78 Å². The number of hydrogen-bond acceptors (Lipinski definition) is 0. The van der Waals surface area contributed by atoms with Gasteiger partial charge < -0.3 is 0 Å². The highest BCUT2D eigenvalue weighted by Crippen LogP contribution is 2.48. The van der Waals surface area contributed by atoms with E-state index in [0.29, 0.717) is 23.3 Å². The van der Waals surface area contributed by atoms with E-state index in [2.05, 4.69) is 13.0 Å². The number of rotatable bonds is 6. The lowest BCUT2D eigenvalue weighted by Crippen LogP contribution is -2.30. The summed E-state index contributed by atoms with van der Waals surface area (Å²) in [4.78, 5) is 0. The lowest BCUT2D eigenvalue weighted by molar-refractivity contribution is 0.114. The number of benzene rings is 2. The lowest BCUT2D eigenvalue weighted by Gasteiger charge is -2.42. The Morgan fingerprint density at radius 3 is 2.57 bits per heavy atom. The van der Waals surface area contributed by atoms with Crippen molar-refractivity contribution in [2.45, 2.75) is 84.0 Å². The fourth-order valence-electron chi connectivity index (χ4n) is 6.20. The minimum Gasteiger partial charge on any atom is -0.203 e. The van der Waals surface area contributed by atoms with Gasteiger partial charge in [-0.1, -0.05) is 50.5 Å². The molecule has 0 aromatic heterocycles. The zero-order valence-electron chi connectivity index (χ0n) is 18.6. The van der Waals surface area contributed by atoms with Gasteiger partial charge in [-0.3, -0.25) is 0 Å². The summed E-state index contributed by atoms with van der Waals surface area (Å²) in [5, 5.41) is 1.27. The Morgan fingerprint density at radius 2 is 1.77 bits per heavy atom. The van der Waals surface area contributed by atoms with Crippen molar-refractivity contribution in [2.24, 2.45) is 17.8 Å². The van der Waals surface area contributed by atoms with Crippen LogP contribution in [0, 0.1) is 29.4 Å². The van der Waals surface area contributed by atoms with Gasteiger partial charge in [-0.2, -0.15) is 0 Å². The maximum Gasteiger partial charge on any atom is 0.166 e. The molecule has 0 heterocycles. The molecule has 4 rings (SSSR count). The molecule has 0 bridgehead atoms. The first-order valence-electron chi connectivity index (χ1n) is 12.1. The number of aryl methyl sites for hydroxylation is 1. The average molecular weight is 411 g/mol. The smallest absolute Gasteiger partial charge is 0.166 e. The molecule has 2 aliphatic rings. The van der Waals surface area contributed by atoms with E-state index in [4.69, 9.17) is 0 Å². The standard InChI is InChI=1S/C28H36F2/c1-3-5-6-8-25-17-24-14-13-23(18-26(24)28(30)27(25)29)22-12-11-20-15-19(7-4-2)9-10-21(20)16-22/h3,5,13-14,17-22H,4,6-12,15-16H2,1-2H3/b5-3+. The maximum absolute atomic E-state index is 14.9. The molecule has 4 atom stereocenters. The monoisotopic (exact) mass is 410 g/mol. The van der Waals surface area contributed by atoms with Gasteiger partial charge in [-0.15, -0.1) is 0 Å². The van der Waals surface area contributed by atoms with Gasteiger partial charge in [0.2, 0.25) is 0 Å². The summed E-state index contributed by atoms with van der Waals surface area (Å²) < 4.78 is 29.6. The number of hydrogen-bond donors (Lipinski definition) is 0. The van der Waals surface area contributed by atoms with Crippen LogP contribution in [0.25, 0.3) is 10.8 Å². The normalized spacial score (nSPS) is 26.9. The number of halogens is 2. The Kier molecular flexibility index (Phi) is 6.91. The minimum atomic E-state index is -0.668. The van der Waals surface area contributed by atoms with Gasteiger partial charge in [0, 0.05) is 5.39 Å². The SMILES string of the molecule is C/C=C/CCc1cc2ccc(C3CCC4CC(CCC)CCC4C3)cc2c(F)c1F. The highest BCUT2D eigenvalue weighted by Gasteiger charge is 2.35. The van der Waals surface area contributed by atoms with E-state index in [-0.39, 0.29) is 0 Å². The molecular weight excluding hydrogens is 374 g/mol. The van der Waals surface area contributed by atoms with Crippen LogP contribution >= 0.6 is 0 Å². The van der Waals surface area contributed by atoms with E-state index >= 15 is 0 Å². The molecule has 2 fully saturated rings. The quantitative estimate of drug-likeness (QED) is 0.418. The van der Waals surface area contributed by atoms with Crippen molar-refractivity contribution in [1.82, 2.24) is 0 Å². The van der Waals surface area contributed by atoms with Crippen molar-refractivity contribution in [3.8, 4) is 0 Å². The van der Waals surface area contributed by atoms with Crippen LogP contribution in [0.2, 0.25) is 0 Å². The first-order chi connectivity index (χ1) is 14.6. The third-order valence-electron chi connectivity index (χ3n) is 7.82. The highest BCUT2D eigenvalue weighted by molar-refractivity contribution is 5.85. The Morgan fingerprint density at radius 1 is 0.967 bits per heavy atom. The Hall–Kier alpha value is -1.70. The highest BCUT2D eigenvalue weighted by atomic mass is 19.2. The largest absolute Gasteiger partial charge is 0.203 e. The molecule has 4 unspecified atom stereocenters. The van der Waals surface area contributed by atoms with Gasteiger partial charge in [-0.25, -0.2) is 8.78 Å². The summed E-state index contributed by atoms with van der Waals surface area (Å²) in [6.45, 7) is 4.25. The molecule has 2 heteroatoms. The second kappa shape index (κ2) is 9.62. The van der Waals surface area contributed by atoms with Crippen molar-refractivity contribution in [2.75, 3.05) is 0 Å². The van der Waals surface area contributed by atoms with Gasteiger partial charge in [0.25, 0.3) is 0 Å². The van der Waals surface area contributed by atoms with Gasteiger partial charge >= 0.3 is 0 Å². The zero-order chi connectivity index (χ0) is 21.1. The Labute approximate surface area is 180 Å². The van der Waals surface area contributed by atoms with Gasteiger partial charge in [-0.05, 0) is 104 Å². The molecule has 0 N–H and O–H groups in total. The van der Waals surface area contributed by atoms with Crippen LogP contribution in [-0.4, -0.2) is 0 Å². The minimum absolute atomic E-state index is 0.452. The molecule has 2 aromatic carbocycles. The van der Waals surface area contributed by atoms with Crippen LogP contribution in [-0.2, 0) is 6.42 Å². The van der Waals surface area contributed by atoms with Crippen molar-refractivity contribution >= 4 is 10.8 Å². The van der Waals surface area contributed by atoms with Crippen molar-refractivity contribution in [1.29, 1.82) is 0 Å². The van der Waals surface area contributed by atoms with Crippen LogP contribution in [0.3, 0.4) is 0 Å². The van der Waals surface area contributed by atoms with E-state index in [1.54, 1.807) is 0 Å². The van der Waals surface area contributed by atoms with Crippen molar-refractivity contribution in [3.63, 3.8) is 0 Å². The molecule has 0 aliphatic heterocycles. The molecule has 2 aliphatic carbocycles. The summed E-state index contributed by atoms with van der Waals surface area (Å²) in [5.74, 6) is 1.81. The molecule has 2 aromatic rings. The van der Waals surface area contributed by atoms with Crippen LogP contribution in [0.1, 0.15) is 88.7 Å². The third kappa shape index (κ3) is 4.48. The lowest BCUT2D eigenvalue weighted by atomic mass is 9.63. The topological polar surface area (TPSA) is 0 Å². The molecular formula is C28H36F2. The molecule has 30 heavy (non-hydrogen) atoms. The number of allylic oxidation sites excluding steroid dienone is 2. The van der Waals surface area contributed by atoms with E-state index in [1.165, 1.54) is 56.9 Å². The first kappa shape index (κ1) is 21.5. The predicted molar refractivity (Wildman–Crippen MR) is 123 cm³/mol. The summed E-state index contributed by atoms with van der Waals surface area (Å²) in [5.41, 5.74) is 1.69. The van der Waals surface area contributed by atoms with E-state index in [1.807, 2.05) is 37.3 Å². The Balaban J connectivity index is 1.51. The molecule has 0 amide bonds. The maximum atomic E-state index is 14.9. The second-order valence-electron chi connectivity index (χ2n) is 9.75. The molecule has 0 radical (unpaired) electrons. The second-order valence-corrected chi connectivity index (χ2v) is 9.75. The van der Waals surface area contributed by atoms with E-state index in [0.717, 1.165) is 29.6 Å². The fourth-order valence-corrected chi connectivity index (χ4v) is 6.20. The van der Waals surface area contributed by atoms with Crippen LogP contribution in [0.15, 0.2) is 36.4 Å². The van der Waals surface area contributed by atoms with Crippen molar-refractivity contribution < 1.29 is 8.78 Å².